The van der Waals surface area contributed by atoms with Gasteiger partial charge >= 0.3 is 0 Å². The number of aromatic nitrogens is 1. The van der Waals surface area contributed by atoms with Crippen molar-refractivity contribution in [2.45, 2.75) is 39.8 Å². The second kappa shape index (κ2) is 6.09. The fraction of sp³-hybridized carbons (Fsp3) is 0.583. The monoisotopic (exact) mass is 226 g/mol. The van der Waals surface area contributed by atoms with Crippen LogP contribution < -0.4 is 0 Å². The minimum atomic E-state index is 0.543. The Morgan fingerprint density at radius 1 is 1.47 bits per heavy atom. The van der Waals surface area contributed by atoms with E-state index in [1.807, 2.05) is 12.1 Å². The zero-order valence-electron chi connectivity index (χ0n) is 9.70. The van der Waals surface area contributed by atoms with E-state index in [0.29, 0.717) is 11.2 Å². The maximum Gasteiger partial charge on any atom is 0.133 e. The van der Waals surface area contributed by atoms with Crippen LogP contribution in [0.3, 0.4) is 0 Å². The molecule has 0 unspecified atom stereocenters. The van der Waals surface area contributed by atoms with Crippen LogP contribution in [0, 0.1) is 0 Å². The molecule has 2 nitrogen and oxygen atoms in total. The first-order chi connectivity index (χ1) is 7.15. The number of rotatable bonds is 5. The lowest BCUT2D eigenvalue weighted by atomic mass is 10.2. The number of halogens is 1. The Hall–Kier alpha value is -0.600. The van der Waals surface area contributed by atoms with Crippen molar-refractivity contribution in [3.8, 4) is 0 Å². The van der Waals surface area contributed by atoms with Crippen molar-refractivity contribution in [1.29, 1.82) is 0 Å². The molecule has 1 aromatic heterocycles. The summed E-state index contributed by atoms with van der Waals surface area (Å²) in [5.41, 5.74) is 1.11. The van der Waals surface area contributed by atoms with Gasteiger partial charge in [0.2, 0.25) is 0 Å². The van der Waals surface area contributed by atoms with E-state index in [1.165, 1.54) is 0 Å². The molecular formula is C12H19ClN2. The predicted octanol–water partition coefficient (Wildman–Crippen LogP) is 3.36. The van der Waals surface area contributed by atoms with Gasteiger partial charge in [-0.1, -0.05) is 24.6 Å². The highest BCUT2D eigenvalue weighted by atomic mass is 35.5. The molecule has 1 aromatic rings. The molecule has 3 heteroatoms. The van der Waals surface area contributed by atoms with E-state index in [9.17, 15) is 0 Å². The van der Waals surface area contributed by atoms with Crippen LogP contribution in [-0.4, -0.2) is 22.5 Å². The van der Waals surface area contributed by atoms with Crippen molar-refractivity contribution in [3.05, 3.63) is 29.0 Å². The Balaban J connectivity index is 2.69. The van der Waals surface area contributed by atoms with Crippen molar-refractivity contribution in [2.24, 2.45) is 0 Å². The van der Waals surface area contributed by atoms with Crippen LogP contribution in [0.15, 0.2) is 18.3 Å². The molecule has 0 aromatic carbocycles. The first-order valence-electron chi connectivity index (χ1n) is 5.48. The van der Waals surface area contributed by atoms with Gasteiger partial charge in [-0.05, 0) is 32.9 Å². The Labute approximate surface area is 97.3 Å². The smallest absolute Gasteiger partial charge is 0.133 e. The summed E-state index contributed by atoms with van der Waals surface area (Å²) < 4.78 is 0. The molecule has 0 amide bonds. The zero-order chi connectivity index (χ0) is 11.3. The molecule has 84 valence electrons. The highest BCUT2D eigenvalue weighted by Crippen LogP contribution is 2.15. The summed E-state index contributed by atoms with van der Waals surface area (Å²) in [6, 6.07) is 4.52. The summed E-state index contributed by atoms with van der Waals surface area (Å²) in [6.45, 7) is 8.60. The SMILES string of the molecule is CCCN(Cc1cccnc1Cl)C(C)C. The number of pyridine rings is 1. The molecule has 1 rings (SSSR count). The lowest BCUT2D eigenvalue weighted by molar-refractivity contribution is 0.213. The third kappa shape index (κ3) is 3.80. The van der Waals surface area contributed by atoms with Gasteiger partial charge < -0.3 is 0 Å². The number of nitrogens with zero attached hydrogens (tertiary/aromatic N) is 2. The van der Waals surface area contributed by atoms with E-state index in [4.69, 9.17) is 11.6 Å². The number of hydrogen-bond acceptors (Lipinski definition) is 2. The van der Waals surface area contributed by atoms with Gasteiger partial charge in [-0.3, -0.25) is 4.90 Å². The zero-order valence-corrected chi connectivity index (χ0v) is 10.5. The van der Waals surface area contributed by atoms with Crippen molar-refractivity contribution in [3.63, 3.8) is 0 Å². The van der Waals surface area contributed by atoms with Crippen LogP contribution in [0.1, 0.15) is 32.8 Å². The summed E-state index contributed by atoms with van der Waals surface area (Å²) in [6.07, 6.45) is 2.89. The van der Waals surface area contributed by atoms with Crippen LogP contribution >= 0.6 is 11.6 Å². The minimum absolute atomic E-state index is 0.543. The molecule has 0 saturated heterocycles. The van der Waals surface area contributed by atoms with Crippen molar-refractivity contribution in [1.82, 2.24) is 9.88 Å². The normalized spacial score (nSPS) is 11.3. The lowest BCUT2D eigenvalue weighted by Gasteiger charge is -2.26. The van der Waals surface area contributed by atoms with Gasteiger partial charge in [-0.2, -0.15) is 0 Å². The first kappa shape index (κ1) is 12.5. The van der Waals surface area contributed by atoms with Crippen molar-refractivity contribution in [2.75, 3.05) is 6.54 Å². The maximum absolute atomic E-state index is 6.04. The van der Waals surface area contributed by atoms with Gasteiger partial charge in [0.1, 0.15) is 5.15 Å². The Bertz CT molecular complexity index is 299. The van der Waals surface area contributed by atoms with Gasteiger partial charge in [-0.25, -0.2) is 4.98 Å². The average Bonchev–Trinajstić information content (AvgIpc) is 2.20. The minimum Gasteiger partial charge on any atom is -0.297 e. The highest BCUT2D eigenvalue weighted by Gasteiger charge is 2.10. The first-order valence-corrected chi connectivity index (χ1v) is 5.86. The van der Waals surface area contributed by atoms with Crippen molar-refractivity contribution < 1.29 is 0 Å². The standard InChI is InChI=1S/C12H19ClN2/c1-4-8-15(10(2)3)9-11-6-5-7-14-12(11)13/h5-7,10H,4,8-9H2,1-3H3. The molecule has 0 atom stereocenters. The summed E-state index contributed by atoms with van der Waals surface area (Å²) in [5.74, 6) is 0. The molecule has 0 N–H and O–H groups in total. The molecule has 0 spiro atoms. The third-order valence-electron chi connectivity index (χ3n) is 2.45. The Kier molecular flexibility index (Phi) is 5.06. The Morgan fingerprint density at radius 2 is 2.20 bits per heavy atom. The molecule has 15 heavy (non-hydrogen) atoms. The molecule has 1 heterocycles. The molecule has 0 bridgehead atoms. The van der Waals surface area contributed by atoms with E-state index in [0.717, 1.165) is 25.1 Å². The summed E-state index contributed by atoms with van der Waals surface area (Å²) in [4.78, 5) is 6.50. The largest absolute Gasteiger partial charge is 0.297 e. The third-order valence-corrected chi connectivity index (χ3v) is 2.79. The van der Waals surface area contributed by atoms with E-state index < -0.39 is 0 Å². The van der Waals surface area contributed by atoms with Crippen LogP contribution in [0.5, 0.6) is 0 Å². The number of hydrogen-bond donors (Lipinski definition) is 0. The molecule has 0 fully saturated rings. The summed E-state index contributed by atoms with van der Waals surface area (Å²) >= 11 is 6.04. The van der Waals surface area contributed by atoms with E-state index >= 15 is 0 Å². The molecule has 0 aliphatic heterocycles. The van der Waals surface area contributed by atoms with Crippen LogP contribution in [-0.2, 0) is 6.54 Å². The summed E-state index contributed by atoms with van der Waals surface area (Å²) in [7, 11) is 0. The van der Waals surface area contributed by atoms with Gasteiger partial charge in [0.05, 0.1) is 0 Å². The summed E-state index contributed by atoms with van der Waals surface area (Å²) in [5, 5.41) is 0.624. The Morgan fingerprint density at radius 3 is 2.73 bits per heavy atom. The van der Waals surface area contributed by atoms with Gasteiger partial charge in [0.25, 0.3) is 0 Å². The topological polar surface area (TPSA) is 16.1 Å². The molecular weight excluding hydrogens is 208 g/mol. The predicted molar refractivity (Wildman–Crippen MR) is 65.1 cm³/mol. The average molecular weight is 227 g/mol. The van der Waals surface area contributed by atoms with Crippen molar-refractivity contribution >= 4 is 11.6 Å². The van der Waals surface area contributed by atoms with Crippen LogP contribution in [0.25, 0.3) is 0 Å². The fourth-order valence-corrected chi connectivity index (χ4v) is 1.74. The molecule has 0 aliphatic rings. The van der Waals surface area contributed by atoms with E-state index in [1.54, 1.807) is 6.20 Å². The molecule has 0 radical (unpaired) electrons. The fourth-order valence-electron chi connectivity index (χ4n) is 1.56. The van der Waals surface area contributed by atoms with Crippen LogP contribution in [0.4, 0.5) is 0 Å². The second-order valence-corrected chi connectivity index (χ2v) is 4.38. The molecule has 0 saturated carbocycles. The van der Waals surface area contributed by atoms with Crippen LogP contribution in [0.2, 0.25) is 5.15 Å². The van der Waals surface area contributed by atoms with Gasteiger partial charge in [0.15, 0.2) is 0 Å². The maximum atomic E-state index is 6.04. The highest BCUT2D eigenvalue weighted by molar-refractivity contribution is 6.30. The lowest BCUT2D eigenvalue weighted by Crippen LogP contribution is -2.31. The van der Waals surface area contributed by atoms with Gasteiger partial charge in [0, 0.05) is 24.3 Å². The van der Waals surface area contributed by atoms with E-state index in [-0.39, 0.29) is 0 Å². The van der Waals surface area contributed by atoms with E-state index in [2.05, 4.69) is 30.7 Å². The quantitative estimate of drug-likeness (QED) is 0.716. The van der Waals surface area contributed by atoms with Gasteiger partial charge in [-0.15, -0.1) is 0 Å². The second-order valence-electron chi connectivity index (χ2n) is 4.02. The molecule has 0 aliphatic carbocycles.